The highest BCUT2D eigenvalue weighted by Crippen LogP contribution is 2.25. The number of carbonyl (C=O) groups excluding carboxylic acids is 1. The van der Waals surface area contributed by atoms with E-state index in [-0.39, 0.29) is 10.6 Å². The normalized spacial score (nSPS) is 11.9. The van der Waals surface area contributed by atoms with Crippen molar-refractivity contribution in [3.05, 3.63) is 51.2 Å². The van der Waals surface area contributed by atoms with Crippen LogP contribution >= 0.6 is 22.9 Å². The maximum absolute atomic E-state index is 12.0. The highest BCUT2D eigenvalue weighted by molar-refractivity contribution is 7.10. The van der Waals surface area contributed by atoms with Gasteiger partial charge in [-0.3, -0.25) is 4.79 Å². The van der Waals surface area contributed by atoms with Crippen LogP contribution in [0, 0.1) is 0 Å². The van der Waals surface area contributed by atoms with E-state index < -0.39 is 17.9 Å². The maximum atomic E-state index is 12.0. The predicted molar refractivity (Wildman–Crippen MR) is 78.3 cm³/mol. The molecule has 0 saturated heterocycles. The maximum Gasteiger partial charge on any atom is 0.335 e. The molecule has 0 saturated carbocycles. The number of carboxylic acid groups (broad SMARTS) is 1. The Morgan fingerprint density at radius 3 is 2.65 bits per heavy atom. The van der Waals surface area contributed by atoms with E-state index in [9.17, 15) is 9.59 Å². The molecule has 0 aliphatic heterocycles. The first-order valence-corrected chi connectivity index (χ1v) is 6.87. The average Bonchev–Trinajstić information content (AvgIpc) is 2.93. The van der Waals surface area contributed by atoms with Gasteiger partial charge in [0.05, 0.1) is 16.3 Å². The smallest absolute Gasteiger partial charge is 0.335 e. The number of benzene rings is 1. The van der Waals surface area contributed by atoms with Crippen LogP contribution in [0.2, 0.25) is 5.02 Å². The van der Waals surface area contributed by atoms with Gasteiger partial charge in [0.15, 0.2) is 0 Å². The van der Waals surface area contributed by atoms with Crippen molar-refractivity contribution in [3.8, 4) is 0 Å². The first-order chi connectivity index (χ1) is 9.49. The molecule has 0 aliphatic rings. The van der Waals surface area contributed by atoms with Crippen LogP contribution in [0.4, 0.5) is 5.69 Å². The topological polar surface area (TPSA) is 92.4 Å². The summed E-state index contributed by atoms with van der Waals surface area (Å²) < 4.78 is 0. The van der Waals surface area contributed by atoms with E-state index in [1.807, 2.05) is 11.4 Å². The number of halogens is 1. The molecule has 20 heavy (non-hydrogen) atoms. The van der Waals surface area contributed by atoms with Crippen molar-refractivity contribution in [1.29, 1.82) is 0 Å². The van der Waals surface area contributed by atoms with E-state index in [0.29, 0.717) is 5.69 Å². The van der Waals surface area contributed by atoms with Gasteiger partial charge in [-0.15, -0.1) is 11.3 Å². The van der Waals surface area contributed by atoms with E-state index in [0.717, 1.165) is 4.88 Å². The molecule has 2 rings (SSSR count). The van der Waals surface area contributed by atoms with Crippen molar-refractivity contribution in [2.45, 2.75) is 6.04 Å². The fourth-order valence-corrected chi connectivity index (χ4v) is 2.51. The molecule has 0 bridgehead atoms. The average molecular weight is 311 g/mol. The lowest BCUT2D eigenvalue weighted by atomic mass is 10.2. The minimum atomic E-state index is -1.08. The van der Waals surface area contributed by atoms with Gasteiger partial charge in [0.2, 0.25) is 5.91 Å². The van der Waals surface area contributed by atoms with E-state index in [4.69, 9.17) is 22.4 Å². The Hall–Kier alpha value is -1.89. The van der Waals surface area contributed by atoms with Crippen molar-refractivity contribution < 1.29 is 14.7 Å². The summed E-state index contributed by atoms with van der Waals surface area (Å²) in [7, 11) is 0. The molecule has 1 aromatic carbocycles. The minimum absolute atomic E-state index is 0.0514. The Morgan fingerprint density at radius 2 is 2.10 bits per heavy atom. The third-order valence-corrected chi connectivity index (χ3v) is 3.87. The largest absolute Gasteiger partial charge is 0.478 e. The SMILES string of the molecule is NC(C(=O)Nc1ccc(C(=O)O)cc1Cl)c1cccs1. The zero-order valence-corrected chi connectivity index (χ0v) is 11.7. The number of nitrogens with one attached hydrogen (secondary N) is 1. The van der Waals surface area contributed by atoms with Crippen molar-refractivity contribution in [2.24, 2.45) is 5.73 Å². The van der Waals surface area contributed by atoms with Crippen LogP contribution in [-0.2, 0) is 4.79 Å². The number of thiophene rings is 1. The third-order valence-electron chi connectivity index (χ3n) is 2.61. The third kappa shape index (κ3) is 3.16. The highest BCUT2D eigenvalue weighted by atomic mass is 35.5. The number of rotatable bonds is 4. The molecule has 0 aliphatic carbocycles. The molecule has 0 spiro atoms. The second-order valence-corrected chi connectivity index (χ2v) is 5.37. The Bertz CT molecular complexity index is 643. The summed E-state index contributed by atoms with van der Waals surface area (Å²) in [5.74, 6) is -1.49. The van der Waals surface area contributed by atoms with Crippen LogP contribution in [0.5, 0.6) is 0 Å². The van der Waals surface area contributed by atoms with Gasteiger partial charge >= 0.3 is 5.97 Å². The van der Waals surface area contributed by atoms with Gasteiger partial charge in [-0.2, -0.15) is 0 Å². The molecule has 0 fully saturated rings. The molecular weight excluding hydrogens is 300 g/mol. The summed E-state index contributed by atoms with van der Waals surface area (Å²) in [5.41, 5.74) is 6.20. The van der Waals surface area contributed by atoms with Crippen molar-refractivity contribution in [1.82, 2.24) is 0 Å². The van der Waals surface area contributed by atoms with Crippen molar-refractivity contribution in [3.63, 3.8) is 0 Å². The van der Waals surface area contributed by atoms with Gasteiger partial charge in [-0.25, -0.2) is 4.79 Å². The molecule has 2 aromatic rings. The molecule has 104 valence electrons. The van der Waals surface area contributed by atoms with Crippen molar-refractivity contribution >= 4 is 40.5 Å². The number of hydrogen-bond acceptors (Lipinski definition) is 4. The number of hydrogen-bond donors (Lipinski definition) is 3. The molecule has 1 amide bonds. The molecule has 4 N–H and O–H groups in total. The second kappa shape index (κ2) is 6.04. The number of carbonyl (C=O) groups is 2. The van der Waals surface area contributed by atoms with E-state index in [1.54, 1.807) is 6.07 Å². The molecule has 7 heteroatoms. The van der Waals surface area contributed by atoms with Gasteiger partial charge in [-0.1, -0.05) is 17.7 Å². The van der Waals surface area contributed by atoms with Gasteiger partial charge < -0.3 is 16.2 Å². The number of amides is 1. The monoisotopic (exact) mass is 310 g/mol. The molecular formula is C13H11ClN2O3S. The second-order valence-electron chi connectivity index (χ2n) is 3.98. The first kappa shape index (κ1) is 14.5. The minimum Gasteiger partial charge on any atom is -0.478 e. The summed E-state index contributed by atoms with van der Waals surface area (Å²) in [4.78, 5) is 23.5. The van der Waals surface area contributed by atoms with E-state index in [1.165, 1.54) is 29.5 Å². The highest BCUT2D eigenvalue weighted by Gasteiger charge is 2.18. The predicted octanol–water partition coefficient (Wildman–Crippen LogP) is 2.74. The quantitative estimate of drug-likeness (QED) is 0.809. The Morgan fingerprint density at radius 1 is 1.35 bits per heavy atom. The number of nitrogens with two attached hydrogens (primary N) is 1. The Kier molecular flexibility index (Phi) is 4.39. The summed E-state index contributed by atoms with van der Waals surface area (Å²) in [5, 5.41) is 13.4. The van der Waals surface area contributed by atoms with Crippen LogP contribution < -0.4 is 11.1 Å². The van der Waals surface area contributed by atoms with Crippen molar-refractivity contribution in [2.75, 3.05) is 5.32 Å². The van der Waals surface area contributed by atoms with Gasteiger partial charge in [0, 0.05) is 4.88 Å². The van der Waals surface area contributed by atoms with Gasteiger partial charge in [-0.05, 0) is 29.6 Å². The van der Waals surface area contributed by atoms with Gasteiger partial charge in [0.25, 0.3) is 0 Å². The van der Waals surface area contributed by atoms with Crippen LogP contribution in [0.1, 0.15) is 21.3 Å². The molecule has 5 nitrogen and oxygen atoms in total. The molecule has 1 unspecified atom stereocenters. The zero-order valence-electron chi connectivity index (χ0n) is 10.2. The standard InChI is InChI=1S/C13H11ClN2O3S/c14-8-6-7(13(18)19)3-4-9(8)16-12(17)11(15)10-2-1-5-20-10/h1-6,11H,15H2,(H,16,17)(H,18,19). The van der Waals surface area contributed by atoms with Crippen LogP contribution in [0.3, 0.4) is 0 Å². The fraction of sp³-hybridized carbons (Fsp3) is 0.0769. The van der Waals surface area contributed by atoms with Crippen LogP contribution in [0.15, 0.2) is 35.7 Å². The lowest BCUT2D eigenvalue weighted by Crippen LogP contribution is -2.27. The zero-order chi connectivity index (χ0) is 14.7. The summed E-state index contributed by atoms with van der Waals surface area (Å²) in [6, 6.07) is 6.86. The Labute approximate surface area is 124 Å². The van der Waals surface area contributed by atoms with Gasteiger partial charge in [0.1, 0.15) is 6.04 Å². The number of aromatic carboxylic acids is 1. The summed E-state index contributed by atoms with van der Waals surface area (Å²) in [6.45, 7) is 0. The van der Waals surface area contributed by atoms with E-state index in [2.05, 4.69) is 5.32 Å². The Balaban J connectivity index is 2.14. The first-order valence-electron chi connectivity index (χ1n) is 5.61. The van der Waals surface area contributed by atoms with Crippen LogP contribution in [0.25, 0.3) is 0 Å². The lowest BCUT2D eigenvalue weighted by Gasteiger charge is -2.12. The summed E-state index contributed by atoms with van der Waals surface area (Å²) in [6.07, 6.45) is 0. The molecule has 1 aromatic heterocycles. The molecule has 1 atom stereocenters. The van der Waals surface area contributed by atoms with Crippen LogP contribution in [-0.4, -0.2) is 17.0 Å². The summed E-state index contributed by atoms with van der Waals surface area (Å²) >= 11 is 7.31. The fourth-order valence-electron chi connectivity index (χ4n) is 1.56. The van der Waals surface area contributed by atoms with E-state index >= 15 is 0 Å². The number of anilines is 1. The molecule has 0 radical (unpaired) electrons. The number of carboxylic acids is 1. The molecule has 1 heterocycles. The lowest BCUT2D eigenvalue weighted by molar-refractivity contribution is -0.117.